The van der Waals surface area contributed by atoms with Crippen LogP contribution in [-0.4, -0.2) is 12.2 Å². The number of hydrogen-bond acceptors (Lipinski definition) is 2. The lowest BCUT2D eigenvalue weighted by atomic mass is 10.0. The Hall–Kier alpha value is -2.22. The van der Waals surface area contributed by atoms with Crippen molar-refractivity contribution in [3.05, 3.63) is 71.8 Å². The van der Waals surface area contributed by atoms with Gasteiger partial charge in [-0.15, -0.1) is 6.58 Å². The Morgan fingerprint density at radius 1 is 1.14 bits per heavy atom. The first-order chi connectivity index (χ1) is 10.5. The van der Waals surface area contributed by atoms with Crippen LogP contribution < -0.4 is 4.74 Å². The molecule has 0 aromatic heterocycles. The molecule has 2 aromatic carbocycles. The summed E-state index contributed by atoms with van der Waals surface area (Å²) in [5, 5.41) is 9.25. The van der Waals surface area contributed by atoms with Crippen LogP contribution >= 0.6 is 0 Å². The molecule has 0 amide bonds. The lowest BCUT2D eigenvalue weighted by Gasteiger charge is -2.04. The van der Waals surface area contributed by atoms with E-state index >= 15 is 0 Å². The van der Waals surface area contributed by atoms with Gasteiger partial charge in [-0.25, -0.2) is 0 Å². The van der Waals surface area contributed by atoms with Crippen molar-refractivity contribution in [3.8, 4) is 11.5 Å². The van der Waals surface area contributed by atoms with E-state index in [-0.39, 0.29) is 5.75 Å². The van der Waals surface area contributed by atoms with Gasteiger partial charge in [-0.3, -0.25) is 0 Å². The Kier molecular flexibility index (Phi) is 7.24. The molecule has 0 aliphatic rings. The Labute approximate surface area is 134 Å². The smallest absolute Gasteiger partial charge is 0.160 e. The number of methoxy groups -OCH3 is 1. The van der Waals surface area contributed by atoms with Gasteiger partial charge in [0.1, 0.15) is 0 Å². The highest BCUT2D eigenvalue weighted by Crippen LogP contribution is 2.26. The Balaban J connectivity index is 0.000000224. The van der Waals surface area contributed by atoms with Gasteiger partial charge in [0.2, 0.25) is 0 Å². The van der Waals surface area contributed by atoms with Gasteiger partial charge in [-0.2, -0.15) is 0 Å². The molecule has 0 unspecified atom stereocenters. The SMILES string of the molecule is C=CCc1ccc(O)c(OC)c1.Cc1ccc(C(C)C)cc1. The summed E-state index contributed by atoms with van der Waals surface area (Å²) in [5.41, 5.74) is 3.84. The molecule has 0 saturated carbocycles. The molecule has 2 rings (SSSR count). The van der Waals surface area contributed by atoms with Gasteiger partial charge in [-0.05, 0) is 42.5 Å². The summed E-state index contributed by atoms with van der Waals surface area (Å²) in [6.45, 7) is 10.2. The van der Waals surface area contributed by atoms with E-state index in [0.29, 0.717) is 11.7 Å². The van der Waals surface area contributed by atoms with E-state index in [9.17, 15) is 5.11 Å². The number of phenolic OH excluding ortho intramolecular Hbond substituents is 1. The highest BCUT2D eigenvalue weighted by Gasteiger charge is 2.00. The Morgan fingerprint density at radius 3 is 2.27 bits per heavy atom. The topological polar surface area (TPSA) is 29.5 Å². The quantitative estimate of drug-likeness (QED) is 0.781. The van der Waals surface area contributed by atoms with Crippen LogP contribution in [0.25, 0.3) is 0 Å². The largest absolute Gasteiger partial charge is 0.504 e. The van der Waals surface area contributed by atoms with Crippen molar-refractivity contribution in [2.45, 2.75) is 33.1 Å². The molecular formula is C20H26O2. The molecule has 0 bridgehead atoms. The molecule has 0 saturated heterocycles. The average Bonchev–Trinajstić information content (AvgIpc) is 2.50. The van der Waals surface area contributed by atoms with Crippen LogP contribution in [0.4, 0.5) is 0 Å². The van der Waals surface area contributed by atoms with E-state index in [1.807, 2.05) is 12.1 Å². The normalized spacial score (nSPS) is 9.86. The number of rotatable bonds is 4. The van der Waals surface area contributed by atoms with E-state index in [4.69, 9.17) is 4.74 Å². The third-order valence-corrected chi connectivity index (χ3v) is 3.37. The zero-order valence-corrected chi connectivity index (χ0v) is 14.0. The number of aryl methyl sites for hydroxylation is 1. The Bertz CT molecular complexity index is 583. The number of aromatic hydroxyl groups is 1. The van der Waals surface area contributed by atoms with Crippen LogP contribution in [0.1, 0.15) is 36.5 Å². The predicted molar refractivity (Wildman–Crippen MR) is 93.8 cm³/mol. The molecule has 0 heterocycles. The molecule has 0 fully saturated rings. The van der Waals surface area contributed by atoms with Gasteiger partial charge < -0.3 is 9.84 Å². The number of ether oxygens (including phenoxy) is 1. The second-order valence-corrected chi connectivity index (χ2v) is 5.56. The van der Waals surface area contributed by atoms with Gasteiger partial charge in [0.25, 0.3) is 0 Å². The third kappa shape index (κ3) is 5.65. The van der Waals surface area contributed by atoms with E-state index in [0.717, 1.165) is 12.0 Å². The highest BCUT2D eigenvalue weighted by molar-refractivity contribution is 5.42. The summed E-state index contributed by atoms with van der Waals surface area (Å²) >= 11 is 0. The van der Waals surface area contributed by atoms with Gasteiger partial charge >= 0.3 is 0 Å². The zero-order chi connectivity index (χ0) is 16.5. The minimum absolute atomic E-state index is 0.172. The first-order valence-corrected chi connectivity index (χ1v) is 7.51. The van der Waals surface area contributed by atoms with E-state index in [1.165, 1.54) is 18.2 Å². The first-order valence-electron chi connectivity index (χ1n) is 7.51. The highest BCUT2D eigenvalue weighted by atomic mass is 16.5. The van der Waals surface area contributed by atoms with E-state index in [1.54, 1.807) is 12.1 Å². The summed E-state index contributed by atoms with van der Waals surface area (Å²) in [7, 11) is 1.53. The monoisotopic (exact) mass is 298 g/mol. The number of phenols is 1. The van der Waals surface area contributed by atoms with Crippen molar-refractivity contribution in [3.63, 3.8) is 0 Å². The molecule has 2 nitrogen and oxygen atoms in total. The molecule has 2 heteroatoms. The van der Waals surface area contributed by atoms with E-state index in [2.05, 4.69) is 51.6 Å². The number of hydrogen-bond donors (Lipinski definition) is 1. The number of benzene rings is 2. The van der Waals surface area contributed by atoms with Gasteiger partial charge in [0.15, 0.2) is 11.5 Å². The van der Waals surface area contributed by atoms with Crippen LogP contribution in [0.3, 0.4) is 0 Å². The fourth-order valence-corrected chi connectivity index (χ4v) is 1.97. The maximum absolute atomic E-state index is 9.25. The van der Waals surface area contributed by atoms with Crippen molar-refractivity contribution < 1.29 is 9.84 Å². The summed E-state index contributed by atoms with van der Waals surface area (Å²) in [6.07, 6.45) is 2.60. The molecule has 0 atom stereocenters. The molecule has 0 aliphatic heterocycles. The maximum atomic E-state index is 9.25. The van der Waals surface area contributed by atoms with Gasteiger partial charge in [-0.1, -0.05) is 55.8 Å². The van der Waals surface area contributed by atoms with Crippen LogP contribution in [0, 0.1) is 6.92 Å². The molecular weight excluding hydrogens is 272 g/mol. The Morgan fingerprint density at radius 2 is 1.77 bits per heavy atom. The lowest BCUT2D eigenvalue weighted by Crippen LogP contribution is -1.86. The van der Waals surface area contributed by atoms with Crippen LogP contribution in [-0.2, 0) is 6.42 Å². The molecule has 0 spiro atoms. The van der Waals surface area contributed by atoms with Crippen molar-refractivity contribution >= 4 is 0 Å². The van der Waals surface area contributed by atoms with Crippen LogP contribution in [0.15, 0.2) is 55.1 Å². The molecule has 0 radical (unpaired) electrons. The summed E-state index contributed by atoms with van der Waals surface area (Å²) in [4.78, 5) is 0. The summed E-state index contributed by atoms with van der Waals surface area (Å²) in [6, 6.07) is 14.0. The molecule has 22 heavy (non-hydrogen) atoms. The van der Waals surface area contributed by atoms with Crippen molar-refractivity contribution in [2.75, 3.05) is 7.11 Å². The van der Waals surface area contributed by atoms with Gasteiger partial charge in [0, 0.05) is 0 Å². The van der Waals surface area contributed by atoms with Gasteiger partial charge in [0.05, 0.1) is 7.11 Å². The minimum atomic E-state index is 0.172. The van der Waals surface area contributed by atoms with Crippen LogP contribution in [0.5, 0.6) is 11.5 Å². The maximum Gasteiger partial charge on any atom is 0.160 e. The second kappa shape index (κ2) is 8.93. The second-order valence-electron chi connectivity index (χ2n) is 5.56. The molecule has 118 valence electrons. The van der Waals surface area contributed by atoms with Crippen LogP contribution in [0.2, 0.25) is 0 Å². The summed E-state index contributed by atoms with van der Waals surface area (Å²) < 4.78 is 4.95. The van der Waals surface area contributed by atoms with E-state index < -0.39 is 0 Å². The average molecular weight is 298 g/mol. The lowest BCUT2D eigenvalue weighted by molar-refractivity contribution is 0.373. The molecule has 0 aliphatic carbocycles. The third-order valence-electron chi connectivity index (χ3n) is 3.37. The minimum Gasteiger partial charge on any atom is -0.504 e. The zero-order valence-electron chi connectivity index (χ0n) is 14.0. The standard InChI is InChI=1S/C10H12O2.C10H14/c1-3-4-8-5-6-9(11)10(7-8)12-2;1-8(2)10-6-4-9(3)5-7-10/h3,5-7,11H,1,4H2,2H3;4-8H,1-3H3. The fourth-order valence-electron chi connectivity index (χ4n) is 1.97. The van der Waals surface area contributed by atoms with Crippen molar-refractivity contribution in [1.29, 1.82) is 0 Å². The molecule has 1 N–H and O–H groups in total. The van der Waals surface area contributed by atoms with Crippen molar-refractivity contribution in [1.82, 2.24) is 0 Å². The predicted octanol–water partition coefficient (Wildman–Crippen LogP) is 5.25. The number of allylic oxidation sites excluding steroid dienone is 1. The summed E-state index contributed by atoms with van der Waals surface area (Å²) in [5.74, 6) is 1.33. The van der Waals surface area contributed by atoms with Crippen molar-refractivity contribution in [2.24, 2.45) is 0 Å². The first kappa shape index (κ1) is 17.8. The molecule has 2 aromatic rings. The fraction of sp³-hybridized carbons (Fsp3) is 0.300.